The van der Waals surface area contributed by atoms with Gasteiger partial charge in [-0.2, -0.15) is 5.26 Å². The molecule has 0 aliphatic rings. The molecule has 1 aromatic heterocycles. The highest BCUT2D eigenvalue weighted by Crippen LogP contribution is 2.26. The van der Waals surface area contributed by atoms with E-state index in [1.54, 1.807) is 12.3 Å². The van der Waals surface area contributed by atoms with Gasteiger partial charge in [-0.05, 0) is 47.9 Å². The predicted octanol–water partition coefficient (Wildman–Crippen LogP) is 5.08. The van der Waals surface area contributed by atoms with E-state index in [9.17, 15) is 4.79 Å². The first-order valence-electron chi connectivity index (χ1n) is 11.7. The number of carboxylic acid groups (broad SMARTS) is 1. The highest BCUT2D eigenvalue weighted by Gasteiger charge is 2.08. The number of hydrogen-bond acceptors (Lipinski definition) is 5. The molecule has 4 rings (SSSR count). The summed E-state index contributed by atoms with van der Waals surface area (Å²) in [7, 11) is 0. The first-order chi connectivity index (χ1) is 18.0. The van der Waals surface area contributed by atoms with E-state index in [1.807, 2.05) is 48.5 Å². The van der Waals surface area contributed by atoms with E-state index in [4.69, 9.17) is 15.1 Å². The molecule has 0 radical (unpaired) electrons. The number of pyridine rings is 1. The van der Waals surface area contributed by atoms with Gasteiger partial charge in [-0.1, -0.05) is 60.4 Å². The summed E-state index contributed by atoms with van der Waals surface area (Å²) in [6, 6.07) is 25.7. The Labute approximate surface area is 216 Å². The third-order valence-electron chi connectivity index (χ3n) is 5.74. The van der Waals surface area contributed by atoms with Crippen molar-refractivity contribution in [1.29, 1.82) is 5.26 Å². The van der Waals surface area contributed by atoms with Crippen LogP contribution in [0.5, 0.6) is 5.75 Å². The fourth-order valence-corrected chi connectivity index (χ4v) is 3.85. The fraction of sp³-hybridized carbons (Fsp3) is 0.129. The van der Waals surface area contributed by atoms with Gasteiger partial charge < -0.3 is 15.2 Å². The van der Waals surface area contributed by atoms with Crippen molar-refractivity contribution in [2.75, 3.05) is 6.54 Å². The van der Waals surface area contributed by atoms with Crippen LogP contribution in [0.25, 0.3) is 11.1 Å². The van der Waals surface area contributed by atoms with E-state index in [-0.39, 0.29) is 13.2 Å². The molecule has 0 fully saturated rings. The molecule has 37 heavy (non-hydrogen) atoms. The van der Waals surface area contributed by atoms with E-state index < -0.39 is 5.97 Å². The number of hydrogen-bond donors (Lipinski definition) is 2. The number of nitriles is 1. The van der Waals surface area contributed by atoms with Crippen LogP contribution in [0.1, 0.15) is 33.4 Å². The van der Waals surface area contributed by atoms with Gasteiger partial charge in [-0.15, -0.1) is 0 Å². The zero-order chi connectivity index (χ0) is 26.0. The van der Waals surface area contributed by atoms with Gasteiger partial charge in [0, 0.05) is 41.2 Å². The lowest BCUT2D eigenvalue weighted by molar-refractivity contribution is -0.136. The number of aromatic nitrogens is 1. The lowest BCUT2D eigenvalue weighted by Gasteiger charge is -2.13. The molecule has 0 saturated heterocycles. The summed E-state index contributed by atoms with van der Waals surface area (Å²) in [5, 5.41) is 21.0. The summed E-state index contributed by atoms with van der Waals surface area (Å²) < 4.78 is 6.07. The van der Waals surface area contributed by atoms with E-state index in [1.165, 1.54) is 6.20 Å². The SMILES string of the molecule is Cc1c(C#Cc2ccc(CNCC(=O)O)c(OCc3cncc(C#N)c3)c2)cccc1-c1ccccc1. The molecule has 0 aliphatic heterocycles. The topological polar surface area (TPSA) is 95.2 Å². The van der Waals surface area contributed by atoms with Crippen LogP contribution in [0.15, 0.2) is 85.2 Å². The second-order valence-corrected chi connectivity index (χ2v) is 8.40. The number of ether oxygens (including phenoxy) is 1. The van der Waals surface area contributed by atoms with Gasteiger partial charge in [-0.3, -0.25) is 9.78 Å². The van der Waals surface area contributed by atoms with Crippen molar-refractivity contribution >= 4 is 5.97 Å². The molecule has 3 aromatic carbocycles. The van der Waals surface area contributed by atoms with E-state index in [0.717, 1.165) is 38.9 Å². The van der Waals surface area contributed by atoms with Crippen LogP contribution in [0.3, 0.4) is 0 Å². The molecule has 0 aliphatic carbocycles. The van der Waals surface area contributed by atoms with Gasteiger partial charge in [0.05, 0.1) is 12.1 Å². The number of benzene rings is 3. The minimum Gasteiger partial charge on any atom is -0.488 e. The van der Waals surface area contributed by atoms with Crippen molar-refractivity contribution in [3.63, 3.8) is 0 Å². The summed E-state index contributed by atoms with van der Waals surface area (Å²) in [4.78, 5) is 15.0. The normalized spacial score (nSPS) is 10.2. The van der Waals surface area contributed by atoms with Crippen molar-refractivity contribution < 1.29 is 14.6 Å². The smallest absolute Gasteiger partial charge is 0.317 e. The summed E-state index contributed by atoms with van der Waals surface area (Å²) in [5.74, 6) is 6.18. The third kappa shape index (κ3) is 6.82. The average molecular weight is 488 g/mol. The predicted molar refractivity (Wildman–Crippen MR) is 142 cm³/mol. The van der Waals surface area contributed by atoms with Crippen LogP contribution >= 0.6 is 0 Å². The first kappa shape index (κ1) is 25.2. The molecule has 6 heteroatoms. The van der Waals surface area contributed by atoms with Gasteiger partial charge >= 0.3 is 5.97 Å². The molecular formula is C31H25N3O3. The molecule has 0 spiro atoms. The number of nitrogens with zero attached hydrogens (tertiary/aromatic N) is 2. The highest BCUT2D eigenvalue weighted by molar-refractivity contribution is 5.70. The van der Waals surface area contributed by atoms with E-state index >= 15 is 0 Å². The van der Waals surface area contributed by atoms with Crippen molar-refractivity contribution in [2.45, 2.75) is 20.1 Å². The van der Waals surface area contributed by atoms with Gasteiger partial charge in [0.2, 0.25) is 0 Å². The van der Waals surface area contributed by atoms with Crippen molar-refractivity contribution in [3.8, 4) is 34.8 Å². The lowest BCUT2D eigenvalue weighted by atomic mass is 9.96. The molecule has 0 bridgehead atoms. The Balaban J connectivity index is 1.60. The average Bonchev–Trinajstić information content (AvgIpc) is 2.92. The van der Waals surface area contributed by atoms with Gasteiger partial charge in [0.25, 0.3) is 0 Å². The zero-order valence-electron chi connectivity index (χ0n) is 20.4. The fourth-order valence-electron chi connectivity index (χ4n) is 3.85. The molecule has 2 N–H and O–H groups in total. The van der Waals surface area contributed by atoms with E-state index in [0.29, 0.717) is 17.9 Å². The Morgan fingerprint density at radius 2 is 1.84 bits per heavy atom. The second kappa shape index (κ2) is 12.2. The highest BCUT2D eigenvalue weighted by atomic mass is 16.5. The minimum absolute atomic E-state index is 0.161. The molecule has 0 saturated carbocycles. The van der Waals surface area contributed by atoms with Crippen molar-refractivity contribution in [1.82, 2.24) is 10.3 Å². The van der Waals surface area contributed by atoms with Crippen LogP contribution in [0.4, 0.5) is 0 Å². The van der Waals surface area contributed by atoms with Crippen LogP contribution < -0.4 is 10.1 Å². The van der Waals surface area contributed by atoms with Crippen LogP contribution in [0.2, 0.25) is 0 Å². The summed E-state index contributed by atoms with van der Waals surface area (Å²) in [5.41, 5.74) is 7.12. The Morgan fingerprint density at radius 1 is 1.00 bits per heavy atom. The molecule has 0 unspecified atom stereocenters. The van der Waals surface area contributed by atoms with E-state index in [2.05, 4.69) is 53.3 Å². The van der Waals surface area contributed by atoms with Crippen molar-refractivity contribution in [2.24, 2.45) is 0 Å². The zero-order valence-corrected chi connectivity index (χ0v) is 20.4. The number of carboxylic acids is 1. The number of rotatable bonds is 8. The van der Waals surface area contributed by atoms with Crippen LogP contribution in [0, 0.1) is 30.1 Å². The molecule has 6 nitrogen and oxygen atoms in total. The Kier molecular flexibility index (Phi) is 8.29. The largest absolute Gasteiger partial charge is 0.488 e. The number of nitrogens with one attached hydrogen (secondary N) is 1. The molecule has 182 valence electrons. The standard InChI is InChI=1S/C31H25N3O3/c1-22-26(8-5-9-29(22)27-6-3-2-4-7-27)12-10-23-11-13-28(19-34-20-31(35)36)30(15-23)37-21-25-14-24(16-32)17-33-18-25/h2-9,11,13-15,17-18,34H,19-21H2,1H3,(H,35,36). The minimum atomic E-state index is -0.933. The Morgan fingerprint density at radius 3 is 2.62 bits per heavy atom. The third-order valence-corrected chi connectivity index (χ3v) is 5.74. The van der Waals surface area contributed by atoms with Gasteiger partial charge in [-0.25, -0.2) is 0 Å². The molecule has 1 heterocycles. The maximum Gasteiger partial charge on any atom is 0.317 e. The van der Waals surface area contributed by atoms with Crippen LogP contribution in [-0.2, 0) is 17.9 Å². The summed E-state index contributed by atoms with van der Waals surface area (Å²) in [6.07, 6.45) is 3.14. The Hall–Kier alpha value is -4.91. The lowest BCUT2D eigenvalue weighted by Crippen LogP contribution is -2.22. The summed E-state index contributed by atoms with van der Waals surface area (Å²) in [6.45, 7) is 2.45. The molecular weight excluding hydrogens is 462 g/mol. The maximum absolute atomic E-state index is 10.9. The second-order valence-electron chi connectivity index (χ2n) is 8.40. The van der Waals surface area contributed by atoms with Gasteiger partial charge in [0.15, 0.2) is 0 Å². The molecule has 4 aromatic rings. The first-order valence-corrected chi connectivity index (χ1v) is 11.7. The van der Waals surface area contributed by atoms with Crippen molar-refractivity contribution in [3.05, 3.63) is 119 Å². The van der Waals surface area contributed by atoms with Crippen LogP contribution in [-0.4, -0.2) is 22.6 Å². The summed E-state index contributed by atoms with van der Waals surface area (Å²) >= 11 is 0. The number of carbonyl (C=O) groups is 1. The van der Waals surface area contributed by atoms with Gasteiger partial charge in [0.1, 0.15) is 18.4 Å². The molecule has 0 atom stereocenters. The number of aliphatic carboxylic acids is 1. The maximum atomic E-state index is 10.9. The Bertz CT molecular complexity index is 1510. The monoisotopic (exact) mass is 487 g/mol. The molecule has 0 amide bonds. The quantitative estimate of drug-likeness (QED) is 0.337.